The van der Waals surface area contributed by atoms with Crippen LogP contribution in [0.2, 0.25) is 10.0 Å². The molecule has 0 radical (unpaired) electrons. The van der Waals surface area contributed by atoms with Gasteiger partial charge in [-0.25, -0.2) is 9.37 Å². The Kier molecular flexibility index (Phi) is 10.1. The molecule has 2 aromatic carbocycles. The second-order valence-electron chi connectivity index (χ2n) is 11.1. The summed E-state index contributed by atoms with van der Waals surface area (Å²) in [6, 6.07) is 6.69. The normalized spacial score (nSPS) is 16.4. The van der Waals surface area contributed by atoms with Gasteiger partial charge in [-0.05, 0) is 56.3 Å². The number of nitrogens with zero attached hydrogens (tertiary/aromatic N) is 4. The number of rotatable bonds is 8. The molecule has 3 N–H and O–H groups in total. The monoisotopic (exact) mass is 682 g/mol. The molecule has 0 unspecified atom stereocenters. The number of hydrogen-bond acceptors (Lipinski definition) is 7. The van der Waals surface area contributed by atoms with Crippen LogP contribution in [-0.2, 0) is 11.8 Å². The third-order valence-corrected chi connectivity index (χ3v) is 8.80. The highest BCUT2D eigenvalue weighted by molar-refractivity contribution is 6.34. The van der Waals surface area contributed by atoms with Gasteiger partial charge in [0.15, 0.2) is 17.4 Å². The number of carbonyl (C=O) groups excluding carboxylic acids is 3. The summed E-state index contributed by atoms with van der Waals surface area (Å²) < 4.78 is 45.1. The molecule has 3 amide bonds. The number of aromatic nitrogens is 2. The fourth-order valence-corrected chi connectivity index (χ4v) is 6.05. The highest BCUT2D eigenvalue weighted by atomic mass is 35.5. The molecule has 5 rings (SSSR count). The van der Waals surface area contributed by atoms with Gasteiger partial charge in [-0.2, -0.15) is 8.78 Å². The summed E-state index contributed by atoms with van der Waals surface area (Å²) in [5.74, 6) is -3.08. The number of hydrogen-bond donors (Lipinski definition) is 3. The van der Waals surface area contributed by atoms with E-state index in [-0.39, 0.29) is 51.6 Å². The SMILES string of the molecule is Cn1c(-c2ccc(OC(F)F)c(F)c2Cl)cnc1C(=O)Nc1ccc(C(=O)N2CCN(C(=O)CC3(O)CCNCC3)CC2)c(Cl)c1. The Morgan fingerprint density at radius 3 is 2.41 bits per heavy atom. The lowest BCUT2D eigenvalue weighted by Crippen LogP contribution is -2.53. The third kappa shape index (κ3) is 7.25. The molecule has 46 heavy (non-hydrogen) atoms. The Morgan fingerprint density at radius 2 is 1.76 bits per heavy atom. The van der Waals surface area contributed by atoms with Gasteiger partial charge >= 0.3 is 6.61 Å². The Bertz CT molecular complexity index is 1640. The van der Waals surface area contributed by atoms with Gasteiger partial charge in [0.2, 0.25) is 5.91 Å². The number of halogens is 5. The molecule has 0 aliphatic carbocycles. The van der Waals surface area contributed by atoms with Gasteiger partial charge in [0.05, 0.1) is 39.5 Å². The van der Waals surface area contributed by atoms with Crippen LogP contribution in [0.4, 0.5) is 18.9 Å². The second-order valence-corrected chi connectivity index (χ2v) is 11.9. The maximum atomic E-state index is 14.5. The molecule has 0 bridgehead atoms. The first-order valence-electron chi connectivity index (χ1n) is 14.4. The number of anilines is 1. The summed E-state index contributed by atoms with van der Waals surface area (Å²) in [6.07, 6.45) is 2.37. The van der Waals surface area contributed by atoms with Crippen molar-refractivity contribution in [2.45, 2.75) is 31.5 Å². The minimum Gasteiger partial charge on any atom is -0.432 e. The first kappa shape index (κ1) is 33.5. The van der Waals surface area contributed by atoms with Crippen LogP contribution in [-0.4, -0.2) is 93.7 Å². The van der Waals surface area contributed by atoms with E-state index in [0.29, 0.717) is 52.1 Å². The van der Waals surface area contributed by atoms with Crippen LogP contribution in [0.3, 0.4) is 0 Å². The van der Waals surface area contributed by atoms with E-state index in [2.05, 4.69) is 20.4 Å². The number of benzene rings is 2. The smallest absolute Gasteiger partial charge is 0.387 e. The molecule has 2 aliphatic rings. The molecule has 2 fully saturated rings. The number of carbonyl (C=O) groups is 3. The summed E-state index contributed by atoms with van der Waals surface area (Å²) >= 11 is 12.5. The van der Waals surface area contributed by atoms with E-state index < -0.39 is 34.7 Å². The van der Waals surface area contributed by atoms with Crippen molar-refractivity contribution in [2.24, 2.45) is 7.05 Å². The number of nitrogens with one attached hydrogen (secondary N) is 2. The van der Waals surface area contributed by atoms with Gasteiger partial charge in [-0.1, -0.05) is 23.2 Å². The maximum absolute atomic E-state index is 14.5. The van der Waals surface area contributed by atoms with Crippen LogP contribution >= 0.6 is 23.2 Å². The number of amides is 3. The largest absolute Gasteiger partial charge is 0.432 e. The number of piperidine rings is 1. The van der Waals surface area contributed by atoms with Gasteiger partial charge in [-0.3, -0.25) is 14.4 Å². The van der Waals surface area contributed by atoms with Gasteiger partial charge in [0.1, 0.15) is 0 Å². The van der Waals surface area contributed by atoms with E-state index >= 15 is 0 Å². The zero-order chi connectivity index (χ0) is 33.2. The maximum Gasteiger partial charge on any atom is 0.387 e. The van der Waals surface area contributed by atoms with Crippen LogP contribution in [0.15, 0.2) is 36.5 Å². The van der Waals surface area contributed by atoms with Crippen LogP contribution in [0.5, 0.6) is 5.75 Å². The lowest BCUT2D eigenvalue weighted by Gasteiger charge is -2.38. The van der Waals surface area contributed by atoms with Crippen molar-refractivity contribution in [3.63, 3.8) is 0 Å². The molecule has 2 saturated heterocycles. The van der Waals surface area contributed by atoms with Crippen molar-refractivity contribution in [3.05, 3.63) is 63.8 Å². The van der Waals surface area contributed by atoms with E-state index in [1.54, 1.807) is 9.80 Å². The Morgan fingerprint density at radius 1 is 1.09 bits per heavy atom. The fourth-order valence-electron chi connectivity index (χ4n) is 5.53. The van der Waals surface area contributed by atoms with Gasteiger partial charge in [-0.15, -0.1) is 0 Å². The molecule has 3 heterocycles. The molecule has 3 aromatic rings. The lowest BCUT2D eigenvalue weighted by atomic mass is 9.88. The Balaban J connectivity index is 1.20. The summed E-state index contributed by atoms with van der Waals surface area (Å²) in [5.41, 5.74) is -0.169. The van der Waals surface area contributed by atoms with Crippen LogP contribution in [0.25, 0.3) is 11.3 Å². The predicted octanol–water partition coefficient (Wildman–Crippen LogP) is 4.18. The fraction of sp³-hybridized carbons (Fsp3) is 0.400. The molecule has 11 nitrogen and oxygen atoms in total. The quantitative estimate of drug-likeness (QED) is 0.325. The lowest BCUT2D eigenvalue weighted by molar-refractivity contribution is -0.139. The summed E-state index contributed by atoms with van der Waals surface area (Å²) in [6.45, 7) is -0.632. The molecule has 1 aromatic heterocycles. The number of piperazine rings is 1. The Hall–Kier alpha value is -3.85. The highest BCUT2D eigenvalue weighted by Crippen LogP contribution is 2.36. The molecular formula is C30H31Cl2F3N6O5. The standard InChI is InChI=1S/C30H31Cl2F3N6O5/c1-39-21(19-4-5-22(46-29(34)35)25(33)24(19)32)16-37-26(39)27(43)38-17-2-3-18(20(31)14-17)28(44)41-12-10-40(11-13-41)23(42)15-30(45)6-8-36-9-7-30/h2-5,14,16,29,36,45H,6-13,15H2,1H3,(H,38,43). The minimum absolute atomic E-state index is 0.0552. The zero-order valence-electron chi connectivity index (χ0n) is 24.7. The van der Waals surface area contributed by atoms with E-state index in [4.69, 9.17) is 23.2 Å². The average molecular weight is 684 g/mol. The zero-order valence-corrected chi connectivity index (χ0v) is 26.2. The molecule has 0 saturated carbocycles. The summed E-state index contributed by atoms with van der Waals surface area (Å²) in [5, 5.41) is 16.1. The molecule has 16 heteroatoms. The van der Waals surface area contributed by atoms with Crippen LogP contribution < -0.4 is 15.4 Å². The second kappa shape index (κ2) is 13.9. The first-order valence-corrected chi connectivity index (χ1v) is 15.2. The van der Waals surface area contributed by atoms with Crippen molar-refractivity contribution < 1.29 is 37.4 Å². The molecule has 2 aliphatic heterocycles. The van der Waals surface area contributed by atoms with E-state index in [9.17, 15) is 32.7 Å². The van der Waals surface area contributed by atoms with Crippen molar-refractivity contribution >= 4 is 46.6 Å². The first-order chi connectivity index (χ1) is 21.9. The molecule has 246 valence electrons. The van der Waals surface area contributed by atoms with Crippen molar-refractivity contribution in [1.82, 2.24) is 24.7 Å². The van der Waals surface area contributed by atoms with Crippen molar-refractivity contribution in [2.75, 3.05) is 44.6 Å². The van der Waals surface area contributed by atoms with Crippen LogP contribution in [0.1, 0.15) is 40.2 Å². The summed E-state index contributed by atoms with van der Waals surface area (Å²) in [7, 11) is 1.49. The molecular weight excluding hydrogens is 652 g/mol. The Labute approximate surface area is 272 Å². The number of ether oxygens (including phenoxy) is 1. The van der Waals surface area contributed by atoms with E-state index in [1.165, 1.54) is 42.1 Å². The van der Waals surface area contributed by atoms with Gasteiger partial charge in [0.25, 0.3) is 11.8 Å². The predicted molar refractivity (Wildman–Crippen MR) is 164 cm³/mol. The summed E-state index contributed by atoms with van der Waals surface area (Å²) in [4.78, 5) is 46.4. The van der Waals surface area contributed by atoms with Crippen molar-refractivity contribution in [1.29, 1.82) is 0 Å². The molecule has 0 spiro atoms. The topological polar surface area (TPSA) is 129 Å². The van der Waals surface area contributed by atoms with Crippen LogP contribution in [0, 0.1) is 5.82 Å². The van der Waals surface area contributed by atoms with Gasteiger partial charge < -0.3 is 34.8 Å². The van der Waals surface area contributed by atoms with Gasteiger partial charge in [0, 0.05) is 44.5 Å². The number of alkyl halides is 2. The number of imidazole rings is 1. The highest BCUT2D eigenvalue weighted by Gasteiger charge is 2.35. The average Bonchev–Trinajstić information content (AvgIpc) is 3.40. The minimum atomic E-state index is -3.23. The van der Waals surface area contributed by atoms with E-state index in [0.717, 1.165) is 6.07 Å². The molecule has 0 atom stereocenters. The van der Waals surface area contributed by atoms with E-state index in [1.807, 2.05) is 0 Å². The third-order valence-electron chi connectivity index (χ3n) is 8.12. The number of aliphatic hydroxyl groups is 1. The van der Waals surface area contributed by atoms with Crippen molar-refractivity contribution in [3.8, 4) is 17.0 Å².